The van der Waals surface area contributed by atoms with Gasteiger partial charge in [0, 0.05) is 6.42 Å². The Hall–Kier alpha value is -2.64. The Morgan fingerprint density at radius 1 is 0.433 bits per heavy atom. The summed E-state index contributed by atoms with van der Waals surface area (Å²) in [5, 5.41) is 57.4. The Labute approximate surface area is 554 Å². The van der Waals surface area contributed by atoms with Crippen LogP contribution in [0.25, 0.3) is 0 Å². The lowest BCUT2D eigenvalue weighted by Crippen LogP contribution is -2.61. The van der Waals surface area contributed by atoms with Gasteiger partial charge >= 0.3 is 5.97 Å². The second-order valence-electron chi connectivity index (χ2n) is 26.7. The van der Waals surface area contributed by atoms with Gasteiger partial charge < -0.3 is 45.1 Å². The number of nitrogens with one attached hydrogen (secondary N) is 1. The van der Waals surface area contributed by atoms with Crippen LogP contribution in [0.2, 0.25) is 0 Å². The van der Waals surface area contributed by atoms with Crippen molar-refractivity contribution in [3.63, 3.8) is 0 Å². The van der Waals surface area contributed by atoms with Crippen molar-refractivity contribution in [1.29, 1.82) is 0 Å². The SMILES string of the molecule is CCCCC/C=C\C/C=C\C/C=C\CCCCCCCCCCCCCC(O)C(=O)NC(COC1OC(CO)C(O)C(O)C1OC(=O)CCCCCCCCCCCCCCCCC/C=C/CCCCCCCC)C(O)/C=C/CCCCCCCCCCCC. The third-order valence-electron chi connectivity index (χ3n) is 18.1. The zero-order chi connectivity index (χ0) is 65.3. The van der Waals surface area contributed by atoms with Crippen LogP contribution in [-0.4, -0.2) is 99.6 Å². The smallest absolute Gasteiger partial charge is 0.306 e. The largest absolute Gasteiger partial charge is 0.454 e. The standard InChI is InChI=1S/C79H145NO10/c1-4-7-10-13-16-19-22-25-27-29-31-33-35-37-39-41-43-45-47-49-52-55-58-61-64-67-74(84)90-77-76(86)75(85)73(68-81)89-79(77)88-69-70(71(82)65-62-59-56-53-50-24-21-18-15-12-9-6-3)80-78(87)72(83)66-63-60-57-54-51-48-46-44-42-40-38-36-34-32-30-28-26-23-20-17-14-11-8-5-2/h17,20,25-28,32,34,62,65,70-73,75-77,79,81-83,85-86H,4-16,18-19,21-24,29-31,33,35-61,63-64,66-69H2,1-3H3,(H,80,87)/b20-17-,27-25+,28-26-,34-32-,65-62+. The van der Waals surface area contributed by atoms with Crippen molar-refractivity contribution in [1.82, 2.24) is 5.32 Å². The number of carbonyl (C=O) groups excluding carboxylic acids is 2. The Morgan fingerprint density at radius 2 is 0.767 bits per heavy atom. The van der Waals surface area contributed by atoms with Gasteiger partial charge in [0.15, 0.2) is 12.4 Å². The number of allylic oxidation sites excluding steroid dienone is 9. The summed E-state index contributed by atoms with van der Waals surface area (Å²) >= 11 is 0. The lowest BCUT2D eigenvalue weighted by Gasteiger charge is -2.41. The molecule has 0 aromatic heterocycles. The number of amides is 1. The topological polar surface area (TPSA) is 175 Å². The maximum Gasteiger partial charge on any atom is 0.306 e. The molecule has 90 heavy (non-hydrogen) atoms. The van der Waals surface area contributed by atoms with Crippen molar-refractivity contribution in [3.8, 4) is 0 Å². The molecule has 11 heteroatoms. The monoisotopic (exact) mass is 1270 g/mol. The molecule has 1 heterocycles. The molecule has 1 amide bonds. The van der Waals surface area contributed by atoms with Gasteiger partial charge in [-0.3, -0.25) is 9.59 Å². The van der Waals surface area contributed by atoms with E-state index in [1.54, 1.807) is 6.08 Å². The van der Waals surface area contributed by atoms with Gasteiger partial charge in [-0.05, 0) is 89.9 Å². The summed E-state index contributed by atoms with van der Waals surface area (Å²) in [7, 11) is 0. The molecule has 0 aromatic carbocycles. The summed E-state index contributed by atoms with van der Waals surface area (Å²) in [6.45, 7) is 5.81. The van der Waals surface area contributed by atoms with Gasteiger partial charge in [0.25, 0.3) is 0 Å². The molecule has 0 spiro atoms. The molecule has 11 nitrogen and oxygen atoms in total. The van der Waals surface area contributed by atoms with Crippen molar-refractivity contribution in [2.24, 2.45) is 0 Å². The quantitative estimate of drug-likeness (QED) is 0.0195. The second kappa shape index (κ2) is 66.4. The lowest BCUT2D eigenvalue weighted by molar-refractivity contribution is -0.305. The molecule has 0 bridgehead atoms. The molecule has 1 rings (SSSR count). The molecule has 0 saturated carbocycles. The molecule has 1 saturated heterocycles. The molecule has 526 valence electrons. The van der Waals surface area contributed by atoms with Crippen molar-refractivity contribution in [2.75, 3.05) is 13.2 Å². The molecule has 8 unspecified atom stereocenters. The number of esters is 1. The van der Waals surface area contributed by atoms with Crippen LogP contribution in [0.3, 0.4) is 0 Å². The molecule has 8 atom stereocenters. The molecular formula is C79H145NO10. The van der Waals surface area contributed by atoms with Gasteiger partial charge in [0.2, 0.25) is 5.91 Å². The zero-order valence-electron chi connectivity index (χ0n) is 58.8. The first kappa shape index (κ1) is 85.4. The number of rotatable bonds is 67. The average Bonchev–Trinajstić information content (AvgIpc) is 2.18. The van der Waals surface area contributed by atoms with Crippen molar-refractivity contribution in [3.05, 3.63) is 60.8 Å². The maximum absolute atomic E-state index is 13.5. The molecule has 6 N–H and O–H groups in total. The van der Waals surface area contributed by atoms with E-state index in [1.807, 2.05) is 6.08 Å². The van der Waals surface area contributed by atoms with E-state index in [4.69, 9.17) is 14.2 Å². The molecule has 1 fully saturated rings. The molecular weight excluding hydrogens is 1120 g/mol. The highest BCUT2D eigenvalue weighted by molar-refractivity contribution is 5.80. The van der Waals surface area contributed by atoms with Crippen LogP contribution < -0.4 is 5.32 Å². The average molecular weight is 1270 g/mol. The Bertz CT molecular complexity index is 1700. The van der Waals surface area contributed by atoms with Gasteiger partial charge in [0.1, 0.15) is 24.4 Å². The van der Waals surface area contributed by atoms with Gasteiger partial charge in [-0.15, -0.1) is 0 Å². The maximum atomic E-state index is 13.5. The van der Waals surface area contributed by atoms with E-state index in [9.17, 15) is 35.1 Å². The predicted molar refractivity (Wildman–Crippen MR) is 380 cm³/mol. The summed E-state index contributed by atoms with van der Waals surface area (Å²) in [5.41, 5.74) is 0. The summed E-state index contributed by atoms with van der Waals surface area (Å²) in [6.07, 6.45) is 75.5. The van der Waals surface area contributed by atoms with E-state index in [0.29, 0.717) is 12.8 Å². The van der Waals surface area contributed by atoms with Crippen LogP contribution in [0, 0.1) is 0 Å². The first-order chi connectivity index (χ1) is 44.2. The van der Waals surface area contributed by atoms with E-state index in [1.165, 1.54) is 244 Å². The van der Waals surface area contributed by atoms with Crippen molar-refractivity contribution < 1.29 is 49.3 Å². The Kier molecular flexibility index (Phi) is 63.0. The molecule has 0 aromatic rings. The fourth-order valence-electron chi connectivity index (χ4n) is 12.1. The summed E-state index contributed by atoms with van der Waals surface area (Å²) in [5.74, 6) is -1.18. The van der Waals surface area contributed by atoms with Gasteiger partial charge in [-0.1, -0.05) is 332 Å². The van der Waals surface area contributed by atoms with Crippen LogP contribution >= 0.6 is 0 Å². The highest BCUT2D eigenvalue weighted by Gasteiger charge is 2.47. The van der Waals surface area contributed by atoms with Gasteiger partial charge in [0.05, 0.1) is 25.4 Å². The first-order valence-electron chi connectivity index (χ1n) is 38.6. The van der Waals surface area contributed by atoms with Crippen LogP contribution in [0.5, 0.6) is 0 Å². The van der Waals surface area contributed by atoms with Crippen molar-refractivity contribution in [2.45, 2.75) is 416 Å². The number of carbonyl (C=O) groups is 2. The number of aliphatic hydroxyl groups is 5. The lowest BCUT2D eigenvalue weighted by atomic mass is 9.99. The molecule has 1 aliphatic rings. The van der Waals surface area contributed by atoms with Crippen LogP contribution in [0.15, 0.2) is 60.8 Å². The van der Waals surface area contributed by atoms with Crippen LogP contribution in [-0.2, 0) is 23.8 Å². The van der Waals surface area contributed by atoms with Crippen LogP contribution in [0.4, 0.5) is 0 Å². The highest BCUT2D eigenvalue weighted by Crippen LogP contribution is 2.27. The van der Waals surface area contributed by atoms with E-state index < -0.39 is 67.4 Å². The van der Waals surface area contributed by atoms with Crippen molar-refractivity contribution >= 4 is 11.9 Å². The summed E-state index contributed by atoms with van der Waals surface area (Å²) < 4.78 is 17.7. The fourth-order valence-corrected chi connectivity index (χ4v) is 12.1. The minimum absolute atomic E-state index is 0.126. The third-order valence-corrected chi connectivity index (χ3v) is 18.1. The number of aliphatic hydroxyl groups excluding tert-OH is 5. The van der Waals surface area contributed by atoms with E-state index in [-0.39, 0.29) is 19.4 Å². The second-order valence-corrected chi connectivity index (χ2v) is 26.7. The molecule has 0 aliphatic carbocycles. The van der Waals surface area contributed by atoms with E-state index in [2.05, 4.69) is 74.7 Å². The van der Waals surface area contributed by atoms with Gasteiger partial charge in [-0.2, -0.15) is 0 Å². The summed E-state index contributed by atoms with van der Waals surface area (Å²) in [6, 6.07) is -1.03. The number of ether oxygens (including phenoxy) is 3. The zero-order valence-corrected chi connectivity index (χ0v) is 58.8. The minimum atomic E-state index is -1.61. The minimum Gasteiger partial charge on any atom is -0.454 e. The summed E-state index contributed by atoms with van der Waals surface area (Å²) in [4.78, 5) is 26.7. The predicted octanol–water partition coefficient (Wildman–Crippen LogP) is 20.5. The normalized spacial score (nSPS) is 18.3. The fraction of sp³-hybridized carbons (Fsp3) is 0.848. The Morgan fingerprint density at radius 3 is 1.18 bits per heavy atom. The van der Waals surface area contributed by atoms with Gasteiger partial charge in [-0.25, -0.2) is 0 Å². The number of unbranched alkanes of at least 4 members (excludes halogenated alkanes) is 45. The first-order valence-corrected chi connectivity index (χ1v) is 38.6. The van der Waals surface area contributed by atoms with E-state index in [0.717, 1.165) is 77.0 Å². The van der Waals surface area contributed by atoms with E-state index >= 15 is 0 Å². The highest BCUT2D eigenvalue weighted by atomic mass is 16.7. The number of hydrogen-bond acceptors (Lipinski definition) is 10. The third kappa shape index (κ3) is 52.7. The number of hydrogen-bond donors (Lipinski definition) is 6. The Balaban J connectivity index is 2.52. The molecule has 1 aliphatic heterocycles. The van der Waals surface area contributed by atoms with Crippen LogP contribution in [0.1, 0.15) is 367 Å². The molecule has 0 radical (unpaired) electrons.